The number of rotatable bonds is 3. The molecule has 104 valence electrons. The summed E-state index contributed by atoms with van der Waals surface area (Å²) in [6.45, 7) is 3.57. The highest BCUT2D eigenvalue weighted by Crippen LogP contribution is 2.47. The Kier molecular flexibility index (Phi) is 4.78. The van der Waals surface area contributed by atoms with E-state index in [-0.39, 0.29) is 24.0 Å². The van der Waals surface area contributed by atoms with Gasteiger partial charge in [-0.25, -0.2) is 0 Å². The first kappa shape index (κ1) is 14.4. The molecule has 0 aromatic heterocycles. The van der Waals surface area contributed by atoms with Gasteiger partial charge in [0.2, 0.25) is 0 Å². The number of hydrogen-bond acceptors (Lipinski definition) is 1. The molecular formula is C14H26IN3. The van der Waals surface area contributed by atoms with Gasteiger partial charge in [-0.15, -0.1) is 24.0 Å². The number of likely N-dealkylation sites (tertiary alicyclic amines) is 1. The van der Waals surface area contributed by atoms with Crippen LogP contribution in [0.1, 0.15) is 44.9 Å². The summed E-state index contributed by atoms with van der Waals surface area (Å²) in [5.74, 6) is 2.16. The van der Waals surface area contributed by atoms with Crippen molar-refractivity contribution >= 4 is 29.9 Å². The van der Waals surface area contributed by atoms with Crippen molar-refractivity contribution < 1.29 is 0 Å². The zero-order chi connectivity index (χ0) is 11.7. The molecule has 1 saturated heterocycles. The molecule has 3 rings (SSSR count). The Hall–Kier alpha value is 0. The van der Waals surface area contributed by atoms with Crippen molar-refractivity contribution in [3.8, 4) is 0 Å². The zero-order valence-electron chi connectivity index (χ0n) is 11.5. The van der Waals surface area contributed by atoms with E-state index in [9.17, 15) is 0 Å². The highest BCUT2D eigenvalue weighted by Gasteiger charge is 2.43. The average Bonchev–Trinajstić information content (AvgIpc) is 2.99. The second-order valence-corrected chi connectivity index (χ2v) is 6.23. The lowest BCUT2D eigenvalue weighted by Gasteiger charge is -2.38. The first-order valence-corrected chi connectivity index (χ1v) is 7.27. The topological polar surface area (TPSA) is 27.6 Å². The summed E-state index contributed by atoms with van der Waals surface area (Å²) >= 11 is 0. The summed E-state index contributed by atoms with van der Waals surface area (Å²) in [6, 6.07) is 0. The molecule has 3 fully saturated rings. The standard InChI is InChI=1S/C14H25N3.HI/c1-15-13(16-9-5-12-3-4-12)17-10-8-14(11-17)6-2-7-14;/h12H,2-11H2,1H3,(H,15,16);1H. The van der Waals surface area contributed by atoms with E-state index in [0.717, 1.165) is 18.4 Å². The Morgan fingerprint density at radius 2 is 2.11 bits per heavy atom. The fourth-order valence-corrected chi connectivity index (χ4v) is 3.33. The predicted molar refractivity (Wildman–Crippen MR) is 86.6 cm³/mol. The molecule has 2 aliphatic carbocycles. The minimum absolute atomic E-state index is 0. The lowest BCUT2D eigenvalue weighted by Crippen LogP contribution is -2.42. The zero-order valence-corrected chi connectivity index (χ0v) is 13.8. The van der Waals surface area contributed by atoms with Gasteiger partial charge in [-0.2, -0.15) is 0 Å². The Morgan fingerprint density at radius 3 is 2.61 bits per heavy atom. The minimum Gasteiger partial charge on any atom is -0.356 e. The van der Waals surface area contributed by atoms with Crippen LogP contribution in [0.15, 0.2) is 4.99 Å². The van der Waals surface area contributed by atoms with Crippen molar-refractivity contribution in [2.45, 2.75) is 44.9 Å². The second kappa shape index (κ2) is 5.97. The Labute approximate surface area is 128 Å². The fourth-order valence-electron chi connectivity index (χ4n) is 3.33. The Balaban J connectivity index is 0.00000120. The molecule has 3 aliphatic rings. The normalized spacial score (nSPS) is 25.8. The first-order chi connectivity index (χ1) is 8.31. The molecule has 0 bridgehead atoms. The molecule has 4 heteroatoms. The van der Waals surface area contributed by atoms with Crippen LogP contribution < -0.4 is 5.32 Å². The summed E-state index contributed by atoms with van der Waals surface area (Å²) in [7, 11) is 1.92. The maximum Gasteiger partial charge on any atom is 0.193 e. The summed E-state index contributed by atoms with van der Waals surface area (Å²) < 4.78 is 0. The number of nitrogens with zero attached hydrogens (tertiary/aromatic N) is 2. The van der Waals surface area contributed by atoms with Gasteiger partial charge < -0.3 is 10.2 Å². The van der Waals surface area contributed by atoms with Crippen LogP contribution in [-0.4, -0.2) is 37.5 Å². The second-order valence-electron chi connectivity index (χ2n) is 6.23. The van der Waals surface area contributed by atoms with Crippen LogP contribution in [0.4, 0.5) is 0 Å². The molecule has 1 spiro atoms. The largest absolute Gasteiger partial charge is 0.356 e. The molecule has 1 N–H and O–H groups in total. The molecule has 0 radical (unpaired) electrons. The number of aliphatic imine (C=N–C) groups is 1. The molecule has 18 heavy (non-hydrogen) atoms. The predicted octanol–water partition coefficient (Wildman–Crippen LogP) is 2.86. The van der Waals surface area contributed by atoms with E-state index in [1.165, 1.54) is 58.0 Å². The average molecular weight is 363 g/mol. The van der Waals surface area contributed by atoms with Crippen LogP contribution >= 0.6 is 24.0 Å². The van der Waals surface area contributed by atoms with E-state index >= 15 is 0 Å². The lowest BCUT2D eigenvalue weighted by atomic mass is 9.68. The highest BCUT2D eigenvalue weighted by molar-refractivity contribution is 14.0. The quantitative estimate of drug-likeness (QED) is 0.474. The number of guanidine groups is 1. The van der Waals surface area contributed by atoms with Crippen LogP contribution in [-0.2, 0) is 0 Å². The number of hydrogen-bond donors (Lipinski definition) is 1. The van der Waals surface area contributed by atoms with Gasteiger partial charge in [0, 0.05) is 26.7 Å². The molecule has 2 saturated carbocycles. The summed E-state index contributed by atoms with van der Waals surface area (Å²) in [5, 5.41) is 3.54. The lowest BCUT2D eigenvalue weighted by molar-refractivity contribution is 0.151. The van der Waals surface area contributed by atoms with Crippen LogP contribution in [0.5, 0.6) is 0 Å². The molecule has 3 nitrogen and oxygen atoms in total. The van der Waals surface area contributed by atoms with E-state index in [1.807, 2.05) is 7.05 Å². The van der Waals surface area contributed by atoms with Crippen molar-refractivity contribution in [2.24, 2.45) is 16.3 Å². The van der Waals surface area contributed by atoms with Crippen molar-refractivity contribution in [3.63, 3.8) is 0 Å². The maximum atomic E-state index is 4.44. The Morgan fingerprint density at radius 1 is 1.33 bits per heavy atom. The summed E-state index contributed by atoms with van der Waals surface area (Å²) in [5.41, 5.74) is 0.675. The van der Waals surface area contributed by atoms with Gasteiger partial charge in [-0.05, 0) is 37.0 Å². The molecule has 1 heterocycles. The number of nitrogens with one attached hydrogen (secondary N) is 1. The smallest absolute Gasteiger partial charge is 0.193 e. The van der Waals surface area contributed by atoms with Crippen LogP contribution in [0.3, 0.4) is 0 Å². The van der Waals surface area contributed by atoms with Crippen molar-refractivity contribution in [1.29, 1.82) is 0 Å². The third-order valence-corrected chi connectivity index (χ3v) is 4.90. The highest BCUT2D eigenvalue weighted by atomic mass is 127. The molecule has 0 aromatic carbocycles. The van der Waals surface area contributed by atoms with Gasteiger partial charge in [0.1, 0.15) is 0 Å². The molecule has 0 atom stereocenters. The number of halogens is 1. The van der Waals surface area contributed by atoms with Crippen molar-refractivity contribution in [2.75, 3.05) is 26.7 Å². The van der Waals surface area contributed by atoms with Crippen LogP contribution in [0.25, 0.3) is 0 Å². The van der Waals surface area contributed by atoms with Gasteiger partial charge in [0.05, 0.1) is 0 Å². The molecule has 1 aliphatic heterocycles. The van der Waals surface area contributed by atoms with Crippen molar-refractivity contribution in [3.05, 3.63) is 0 Å². The minimum atomic E-state index is 0. The van der Waals surface area contributed by atoms with Gasteiger partial charge in [0.15, 0.2) is 5.96 Å². The molecule has 0 amide bonds. The third kappa shape index (κ3) is 3.11. The van der Waals surface area contributed by atoms with E-state index in [2.05, 4.69) is 15.2 Å². The first-order valence-electron chi connectivity index (χ1n) is 7.27. The molecule has 0 unspecified atom stereocenters. The van der Waals surface area contributed by atoms with Crippen LogP contribution in [0.2, 0.25) is 0 Å². The van der Waals surface area contributed by atoms with Crippen molar-refractivity contribution in [1.82, 2.24) is 10.2 Å². The van der Waals surface area contributed by atoms with Gasteiger partial charge >= 0.3 is 0 Å². The SMILES string of the molecule is CN=C(NCCC1CC1)N1CCC2(CCC2)C1.I. The van der Waals surface area contributed by atoms with E-state index in [4.69, 9.17) is 0 Å². The monoisotopic (exact) mass is 363 g/mol. The van der Waals surface area contributed by atoms with Gasteiger partial charge in [-0.1, -0.05) is 19.3 Å². The fraction of sp³-hybridized carbons (Fsp3) is 0.929. The van der Waals surface area contributed by atoms with Gasteiger partial charge in [-0.3, -0.25) is 4.99 Å². The summed E-state index contributed by atoms with van der Waals surface area (Å²) in [4.78, 5) is 6.92. The maximum absolute atomic E-state index is 4.44. The van der Waals surface area contributed by atoms with E-state index in [1.54, 1.807) is 0 Å². The van der Waals surface area contributed by atoms with Crippen LogP contribution in [0, 0.1) is 11.3 Å². The molecular weight excluding hydrogens is 337 g/mol. The van der Waals surface area contributed by atoms with E-state index in [0.29, 0.717) is 5.41 Å². The van der Waals surface area contributed by atoms with Gasteiger partial charge in [0.25, 0.3) is 0 Å². The van der Waals surface area contributed by atoms with E-state index < -0.39 is 0 Å². The summed E-state index contributed by atoms with van der Waals surface area (Å²) in [6.07, 6.45) is 9.96. The third-order valence-electron chi connectivity index (χ3n) is 4.90. The molecule has 0 aromatic rings. The Bertz CT molecular complexity index is 308.